The van der Waals surface area contributed by atoms with Gasteiger partial charge in [0.25, 0.3) is 5.69 Å². The van der Waals surface area contributed by atoms with Crippen molar-refractivity contribution in [3.05, 3.63) is 63.2 Å². The van der Waals surface area contributed by atoms with E-state index in [2.05, 4.69) is 11.0 Å². The fourth-order valence-electron chi connectivity index (χ4n) is 2.97. The van der Waals surface area contributed by atoms with Gasteiger partial charge in [-0.15, -0.1) is 0 Å². The van der Waals surface area contributed by atoms with E-state index >= 15 is 0 Å². The van der Waals surface area contributed by atoms with Gasteiger partial charge in [0.05, 0.1) is 16.3 Å². The summed E-state index contributed by atoms with van der Waals surface area (Å²) < 4.78 is 0. The molecule has 0 unspecified atom stereocenters. The summed E-state index contributed by atoms with van der Waals surface area (Å²) in [4.78, 5) is 12.9. The maximum atomic E-state index is 11.0. The molecule has 0 saturated carbocycles. The minimum atomic E-state index is -0.328. The van der Waals surface area contributed by atoms with Crippen LogP contribution in [0.3, 0.4) is 0 Å². The number of benzene rings is 2. The molecule has 3 rings (SSSR count). The van der Waals surface area contributed by atoms with Gasteiger partial charge in [0.2, 0.25) is 0 Å². The smallest absolute Gasteiger partial charge is 0.272 e. The first kappa shape index (κ1) is 13.4. The monoisotopic (exact) mass is 283 g/mol. The van der Waals surface area contributed by atoms with Crippen LogP contribution < -0.4 is 10.6 Å². The van der Waals surface area contributed by atoms with Crippen molar-refractivity contribution in [2.24, 2.45) is 0 Å². The van der Waals surface area contributed by atoms with Crippen molar-refractivity contribution >= 4 is 17.1 Å². The van der Waals surface area contributed by atoms with E-state index in [9.17, 15) is 10.1 Å². The quantitative estimate of drug-likeness (QED) is 0.534. The third kappa shape index (κ3) is 2.31. The topological polar surface area (TPSA) is 72.4 Å². The third-order valence-electron chi connectivity index (χ3n) is 4.09. The van der Waals surface area contributed by atoms with Crippen LogP contribution in [0.5, 0.6) is 0 Å². The standard InChI is InChI=1S/C16H17N3O2/c1-11-13(5-3-7-15(11)19(20)21)10-18-9-8-12-4-2-6-14(17)16(12)18/h2-7H,8-10,17H2,1H3. The highest BCUT2D eigenvalue weighted by Crippen LogP contribution is 2.35. The van der Waals surface area contributed by atoms with Gasteiger partial charge in [-0.1, -0.05) is 24.3 Å². The molecule has 0 amide bonds. The molecule has 0 fully saturated rings. The summed E-state index contributed by atoms with van der Waals surface area (Å²) >= 11 is 0. The first-order valence-corrected chi connectivity index (χ1v) is 6.93. The lowest BCUT2D eigenvalue weighted by atomic mass is 10.1. The molecule has 0 atom stereocenters. The van der Waals surface area contributed by atoms with Crippen molar-refractivity contribution in [2.45, 2.75) is 19.9 Å². The summed E-state index contributed by atoms with van der Waals surface area (Å²) in [5.74, 6) is 0. The first-order chi connectivity index (χ1) is 10.1. The highest BCUT2D eigenvalue weighted by atomic mass is 16.6. The molecular weight excluding hydrogens is 266 g/mol. The van der Waals surface area contributed by atoms with Crippen LogP contribution in [0, 0.1) is 17.0 Å². The fraction of sp³-hybridized carbons (Fsp3) is 0.250. The molecule has 1 heterocycles. The van der Waals surface area contributed by atoms with Crippen LogP contribution in [0.25, 0.3) is 0 Å². The van der Waals surface area contributed by atoms with E-state index in [-0.39, 0.29) is 10.6 Å². The lowest BCUT2D eigenvalue weighted by Gasteiger charge is -2.22. The lowest BCUT2D eigenvalue weighted by molar-refractivity contribution is -0.385. The Bertz CT molecular complexity index is 713. The number of nitro groups is 1. The first-order valence-electron chi connectivity index (χ1n) is 6.93. The number of anilines is 2. The second kappa shape index (κ2) is 5.09. The zero-order valence-electron chi connectivity index (χ0n) is 11.9. The van der Waals surface area contributed by atoms with E-state index < -0.39 is 0 Å². The number of hydrogen-bond acceptors (Lipinski definition) is 4. The van der Waals surface area contributed by atoms with Gasteiger partial charge in [-0.25, -0.2) is 0 Å². The molecule has 2 N–H and O–H groups in total. The Kier molecular flexibility index (Phi) is 3.25. The Morgan fingerprint density at radius 3 is 2.81 bits per heavy atom. The van der Waals surface area contributed by atoms with Gasteiger partial charge in [0, 0.05) is 24.7 Å². The lowest BCUT2D eigenvalue weighted by Crippen LogP contribution is -2.21. The van der Waals surface area contributed by atoms with E-state index in [1.165, 1.54) is 5.56 Å². The zero-order valence-corrected chi connectivity index (χ0v) is 11.9. The largest absolute Gasteiger partial charge is 0.397 e. The highest BCUT2D eigenvalue weighted by molar-refractivity contribution is 5.74. The highest BCUT2D eigenvalue weighted by Gasteiger charge is 2.23. The van der Waals surface area contributed by atoms with Crippen LogP contribution >= 0.6 is 0 Å². The van der Waals surface area contributed by atoms with Crippen LogP contribution in [-0.4, -0.2) is 11.5 Å². The summed E-state index contributed by atoms with van der Waals surface area (Å²) in [6, 6.07) is 11.2. The number of nitrogens with two attached hydrogens (primary N) is 1. The van der Waals surface area contributed by atoms with E-state index in [1.54, 1.807) is 19.1 Å². The third-order valence-corrected chi connectivity index (χ3v) is 4.09. The van der Waals surface area contributed by atoms with Gasteiger partial charge >= 0.3 is 0 Å². The van der Waals surface area contributed by atoms with Crippen LogP contribution in [0.4, 0.5) is 17.1 Å². The average molecular weight is 283 g/mol. The predicted octanol–water partition coefficient (Wildman–Crippen LogP) is 3.05. The minimum absolute atomic E-state index is 0.174. The second-order valence-electron chi connectivity index (χ2n) is 5.34. The minimum Gasteiger partial charge on any atom is -0.397 e. The van der Waals surface area contributed by atoms with Crippen molar-refractivity contribution in [2.75, 3.05) is 17.2 Å². The SMILES string of the molecule is Cc1c(CN2CCc3cccc(N)c32)cccc1[N+](=O)[O-]. The van der Waals surface area contributed by atoms with Crippen molar-refractivity contribution in [1.29, 1.82) is 0 Å². The van der Waals surface area contributed by atoms with Crippen LogP contribution in [0.2, 0.25) is 0 Å². The predicted molar refractivity (Wildman–Crippen MR) is 83.4 cm³/mol. The van der Waals surface area contributed by atoms with Crippen LogP contribution in [0.15, 0.2) is 36.4 Å². The van der Waals surface area contributed by atoms with Crippen molar-refractivity contribution in [3.8, 4) is 0 Å². The van der Waals surface area contributed by atoms with Crippen LogP contribution in [-0.2, 0) is 13.0 Å². The van der Waals surface area contributed by atoms with Crippen LogP contribution in [0.1, 0.15) is 16.7 Å². The molecule has 1 aliphatic rings. The van der Waals surface area contributed by atoms with Gasteiger partial charge < -0.3 is 10.6 Å². The Balaban J connectivity index is 1.94. The van der Waals surface area contributed by atoms with Crippen molar-refractivity contribution in [1.82, 2.24) is 0 Å². The molecule has 0 radical (unpaired) electrons. The van der Waals surface area contributed by atoms with Gasteiger partial charge in [-0.05, 0) is 30.5 Å². The number of nitrogen functional groups attached to an aromatic ring is 1. The molecule has 0 saturated heterocycles. The number of para-hydroxylation sites is 1. The summed E-state index contributed by atoms with van der Waals surface area (Å²) in [7, 11) is 0. The molecule has 2 aromatic rings. The van der Waals surface area contributed by atoms with Gasteiger partial charge in [-0.3, -0.25) is 10.1 Å². The fourth-order valence-corrected chi connectivity index (χ4v) is 2.97. The Morgan fingerprint density at radius 1 is 1.29 bits per heavy atom. The molecule has 108 valence electrons. The van der Waals surface area contributed by atoms with Crippen molar-refractivity contribution < 1.29 is 4.92 Å². The Labute approximate surface area is 123 Å². The molecule has 0 spiro atoms. The summed E-state index contributed by atoms with van der Waals surface area (Å²) in [6.07, 6.45) is 0.967. The Hall–Kier alpha value is -2.56. The zero-order chi connectivity index (χ0) is 15.0. The molecule has 0 bridgehead atoms. The van der Waals surface area contributed by atoms with Crippen molar-refractivity contribution in [3.63, 3.8) is 0 Å². The number of nitro benzene ring substituents is 1. The molecule has 5 nitrogen and oxygen atoms in total. The van der Waals surface area contributed by atoms with Gasteiger partial charge in [0.15, 0.2) is 0 Å². The molecular formula is C16H17N3O2. The van der Waals surface area contributed by atoms with Gasteiger partial charge in [0.1, 0.15) is 0 Å². The summed E-state index contributed by atoms with van der Waals surface area (Å²) in [6.45, 7) is 3.35. The second-order valence-corrected chi connectivity index (χ2v) is 5.34. The maximum absolute atomic E-state index is 11.0. The number of fused-ring (bicyclic) bond motifs is 1. The molecule has 0 aromatic heterocycles. The average Bonchev–Trinajstić information content (AvgIpc) is 2.85. The molecule has 1 aliphatic heterocycles. The summed E-state index contributed by atoms with van der Waals surface area (Å²) in [5, 5.41) is 11.0. The maximum Gasteiger partial charge on any atom is 0.272 e. The normalized spacial score (nSPS) is 13.3. The van der Waals surface area contributed by atoms with Gasteiger partial charge in [-0.2, -0.15) is 0 Å². The summed E-state index contributed by atoms with van der Waals surface area (Å²) in [5.41, 5.74) is 11.0. The number of nitrogens with zero attached hydrogens (tertiary/aromatic N) is 2. The van der Waals surface area contributed by atoms with E-state index in [4.69, 9.17) is 5.73 Å². The van der Waals surface area contributed by atoms with E-state index in [0.29, 0.717) is 6.54 Å². The molecule has 5 heteroatoms. The van der Waals surface area contributed by atoms with E-state index in [1.807, 2.05) is 18.2 Å². The Morgan fingerprint density at radius 2 is 2.05 bits per heavy atom. The number of rotatable bonds is 3. The molecule has 0 aliphatic carbocycles. The number of hydrogen-bond donors (Lipinski definition) is 1. The van der Waals surface area contributed by atoms with E-state index in [0.717, 1.165) is 35.5 Å². The molecule has 2 aromatic carbocycles. The molecule has 21 heavy (non-hydrogen) atoms.